The molecule has 3 fully saturated rings. The number of cyclic esters (lactones) is 1. The van der Waals surface area contributed by atoms with Crippen molar-refractivity contribution in [2.24, 2.45) is 5.92 Å². The Bertz CT molecular complexity index is 3020. The SMILES string of the molecule is COCCOC(=O)N1C(=O)C2(c3cc(C#CC4=CCCCC4)ccc31)C(C(=O)N1CCN(Cc3ccc4c(c3)OCO4)CC1)C1C(=O)OC(c3ccccc3)C(c3ccccc3)N1C2c1cccc(OCCO)c1. The van der Waals surface area contributed by atoms with Crippen molar-refractivity contribution in [1.29, 1.82) is 0 Å². The molecule has 380 valence electrons. The Balaban J connectivity index is 1.12. The van der Waals surface area contributed by atoms with E-state index in [1.165, 1.54) is 7.11 Å². The fourth-order valence-corrected chi connectivity index (χ4v) is 11.9. The number of hydrogen-bond acceptors (Lipinski definition) is 13. The van der Waals surface area contributed by atoms with Gasteiger partial charge in [0.25, 0.3) is 0 Å². The van der Waals surface area contributed by atoms with E-state index >= 15 is 14.4 Å². The summed E-state index contributed by atoms with van der Waals surface area (Å²) in [6.07, 6.45) is 4.21. The molecule has 6 aliphatic rings. The third-order valence-electron chi connectivity index (χ3n) is 15.1. The van der Waals surface area contributed by atoms with Crippen LogP contribution in [0.5, 0.6) is 17.2 Å². The lowest BCUT2D eigenvalue weighted by Gasteiger charge is -2.46. The van der Waals surface area contributed by atoms with E-state index in [-0.39, 0.29) is 52.0 Å². The molecule has 1 N–H and O–H groups in total. The number of esters is 1. The zero-order valence-corrected chi connectivity index (χ0v) is 41.2. The second kappa shape index (κ2) is 21.2. The number of carbonyl (C=O) groups excluding carboxylic acids is 4. The lowest BCUT2D eigenvalue weighted by atomic mass is 9.64. The van der Waals surface area contributed by atoms with Crippen molar-refractivity contribution < 1.29 is 52.7 Å². The van der Waals surface area contributed by atoms with Crippen molar-refractivity contribution >= 4 is 29.6 Å². The van der Waals surface area contributed by atoms with Gasteiger partial charge < -0.3 is 38.4 Å². The molecule has 1 aliphatic carbocycles. The molecule has 3 saturated heterocycles. The van der Waals surface area contributed by atoms with Crippen LogP contribution in [0.3, 0.4) is 0 Å². The second-order valence-electron chi connectivity index (χ2n) is 19.4. The molecule has 5 aliphatic heterocycles. The predicted molar refractivity (Wildman–Crippen MR) is 272 cm³/mol. The summed E-state index contributed by atoms with van der Waals surface area (Å²) in [4.78, 5) is 70.6. The maximum atomic E-state index is 16.7. The van der Waals surface area contributed by atoms with E-state index in [2.05, 4.69) is 22.8 Å². The average Bonchev–Trinajstić information content (AvgIpc) is 4.12. The normalized spacial score (nSPS) is 24.1. The molecule has 0 radical (unpaired) electrons. The maximum absolute atomic E-state index is 16.7. The van der Waals surface area contributed by atoms with Crippen molar-refractivity contribution in [2.75, 3.05) is 71.4 Å². The van der Waals surface area contributed by atoms with Gasteiger partial charge in [0, 0.05) is 45.4 Å². The molecule has 5 heterocycles. The quantitative estimate of drug-likeness (QED) is 0.0749. The van der Waals surface area contributed by atoms with Crippen LogP contribution in [-0.2, 0) is 40.6 Å². The fraction of sp³-hybridized carbons (Fsp3) is 0.356. The van der Waals surface area contributed by atoms with E-state index in [0.717, 1.165) is 47.3 Å². The lowest BCUT2D eigenvalue weighted by molar-refractivity contribution is -0.179. The summed E-state index contributed by atoms with van der Waals surface area (Å²) < 4.78 is 35.0. The molecule has 3 amide bonds. The Labute approximate surface area is 430 Å². The minimum absolute atomic E-state index is 0.0102. The number of morpholine rings is 1. The van der Waals surface area contributed by atoms with E-state index in [9.17, 15) is 9.90 Å². The Kier molecular flexibility index (Phi) is 13.9. The van der Waals surface area contributed by atoms with E-state index in [4.69, 9.17) is 28.4 Å². The summed E-state index contributed by atoms with van der Waals surface area (Å²) in [6, 6.07) is 34.3. The highest BCUT2D eigenvalue weighted by Crippen LogP contribution is 2.66. The zero-order chi connectivity index (χ0) is 50.8. The molecule has 15 nitrogen and oxygen atoms in total. The second-order valence-corrected chi connectivity index (χ2v) is 19.4. The minimum atomic E-state index is -2.00. The molecule has 0 bridgehead atoms. The Morgan fingerprint density at radius 2 is 1.54 bits per heavy atom. The molecule has 5 aromatic rings. The molecule has 74 heavy (non-hydrogen) atoms. The molecule has 15 heteroatoms. The summed E-state index contributed by atoms with van der Waals surface area (Å²) in [5.74, 6) is 5.23. The van der Waals surface area contributed by atoms with Gasteiger partial charge in [-0.15, -0.1) is 0 Å². The average molecular weight is 999 g/mol. The van der Waals surface area contributed by atoms with Crippen LogP contribution in [-0.4, -0.2) is 116 Å². The van der Waals surface area contributed by atoms with Crippen LogP contribution in [0.15, 0.2) is 133 Å². The van der Waals surface area contributed by atoms with Gasteiger partial charge in [-0.2, -0.15) is 0 Å². The zero-order valence-electron chi connectivity index (χ0n) is 41.2. The Morgan fingerprint density at radius 1 is 0.770 bits per heavy atom. The third-order valence-corrected chi connectivity index (χ3v) is 15.1. The predicted octanol–water partition coefficient (Wildman–Crippen LogP) is 7.43. The van der Waals surface area contributed by atoms with Crippen molar-refractivity contribution in [3.8, 4) is 29.1 Å². The van der Waals surface area contributed by atoms with Gasteiger partial charge in [-0.05, 0) is 102 Å². The number of amides is 3. The summed E-state index contributed by atoms with van der Waals surface area (Å²) in [7, 11) is 1.49. The van der Waals surface area contributed by atoms with Crippen molar-refractivity contribution in [3.05, 3.63) is 166 Å². The fourth-order valence-electron chi connectivity index (χ4n) is 11.9. The number of methoxy groups -OCH3 is 1. The molecular formula is C59H58N4O11. The van der Waals surface area contributed by atoms with Gasteiger partial charge >= 0.3 is 12.1 Å². The van der Waals surface area contributed by atoms with E-state index in [0.29, 0.717) is 59.1 Å². The van der Waals surface area contributed by atoms with E-state index in [1.54, 1.807) is 35.2 Å². The summed E-state index contributed by atoms with van der Waals surface area (Å²) in [5.41, 5.74) is 3.21. The van der Waals surface area contributed by atoms with Crippen molar-refractivity contribution in [1.82, 2.24) is 14.7 Å². The molecule has 0 saturated carbocycles. The number of anilines is 1. The lowest BCUT2D eigenvalue weighted by Crippen LogP contribution is -2.59. The van der Waals surface area contributed by atoms with E-state index < -0.39 is 59.4 Å². The molecule has 1 spiro atoms. The van der Waals surface area contributed by atoms with Crippen LogP contribution in [0, 0.1) is 17.8 Å². The number of ether oxygens (including phenoxy) is 6. The monoisotopic (exact) mass is 998 g/mol. The van der Waals surface area contributed by atoms with Crippen LogP contribution < -0.4 is 19.1 Å². The number of imide groups is 1. The number of fused-ring (bicyclic) bond motifs is 4. The number of aliphatic hydroxyl groups is 1. The van der Waals surface area contributed by atoms with Crippen LogP contribution >= 0.6 is 0 Å². The number of carbonyl (C=O) groups is 4. The van der Waals surface area contributed by atoms with Crippen LogP contribution in [0.2, 0.25) is 0 Å². The maximum Gasteiger partial charge on any atom is 0.421 e. The summed E-state index contributed by atoms with van der Waals surface area (Å²) in [6.45, 7) is 1.98. The molecule has 6 unspecified atom stereocenters. The highest BCUT2D eigenvalue weighted by Gasteiger charge is 2.76. The first-order valence-electron chi connectivity index (χ1n) is 25.5. The van der Waals surface area contributed by atoms with Gasteiger partial charge in [0.15, 0.2) is 11.5 Å². The van der Waals surface area contributed by atoms with Crippen LogP contribution in [0.4, 0.5) is 10.5 Å². The third kappa shape index (κ3) is 8.95. The number of rotatable bonds is 12. The molecule has 11 rings (SSSR count). The molecule has 6 atom stereocenters. The number of aliphatic hydroxyl groups excluding tert-OH is 1. The standard InChI is InChI=1S/C59H58N4O11/c1-69-32-33-71-58(68)62-47-24-22-40(21-20-39-12-5-2-6-13-39)34-46(47)59(57(62)67)50(55(65)61-28-26-60(27-29-61)37-41-23-25-48-49(35-41)73-38-72-48)52-56(66)74-53(43-16-9-4-10-17-43)51(42-14-7-3-8-15-42)63(52)54(59)44-18-11-19-45(36-44)70-31-30-64/h3-4,7-12,14-19,22-25,34-36,50-54,64H,2,5-6,13,26-33,37-38H2,1H3. The van der Waals surface area contributed by atoms with Crippen LogP contribution in [0.1, 0.15) is 77.3 Å². The summed E-state index contributed by atoms with van der Waals surface area (Å²) in [5, 5.41) is 9.90. The number of nitrogens with zero attached hydrogens (tertiary/aromatic N) is 4. The van der Waals surface area contributed by atoms with E-state index in [1.807, 2.05) is 95.9 Å². The number of piperazine rings is 1. The first-order chi connectivity index (χ1) is 36.3. The van der Waals surface area contributed by atoms with Gasteiger partial charge in [-0.1, -0.05) is 96.8 Å². The smallest absolute Gasteiger partial charge is 0.421 e. The first-order valence-corrected chi connectivity index (χ1v) is 25.5. The highest BCUT2D eigenvalue weighted by molar-refractivity contribution is 6.23. The molecule has 0 aromatic heterocycles. The van der Waals surface area contributed by atoms with Gasteiger partial charge in [0.2, 0.25) is 18.6 Å². The Hall–Kier alpha value is -7.48. The van der Waals surface area contributed by atoms with Crippen molar-refractivity contribution in [2.45, 2.75) is 61.9 Å². The van der Waals surface area contributed by atoms with Gasteiger partial charge in [-0.25, -0.2) is 9.69 Å². The number of hydrogen-bond donors (Lipinski definition) is 1. The van der Waals surface area contributed by atoms with Gasteiger partial charge in [-0.3, -0.25) is 24.2 Å². The van der Waals surface area contributed by atoms with Crippen molar-refractivity contribution in [3.63, 3.8) is 0 Å². The largest absolute Gasteiger partial charge is 0.491 e. The molecular weight excluding hydrogens is 941 g/mol. The Morgan fingerprint density at radius 3 is 2.30 bits per heavy atom. The van der Waals surface area contributed by atoms with Gasteiger partial charge in [0.1, 0.15) is 36.5 Å². The minimum Gasteiger partial charge on any atom is -0.491 e. The van der Waals surface area contributed by atoms with Crippen LogP contribution in [0.25, 0.3) is 0 Å². The first kappa shape index (κ1) is 48.8. The number of benzene rings is 5. The van der Waals surface area contributed by atoms with Gasteiger partial charge in [0.05, 0.1) is 36.9 Å². The topological polar surface area (TPSA) is 157 Å². The summed E-state index contributed by atoms with van der Waals surface area (Å²) >= 11 is 0. The molecule has 5 aromatic carbocycles. The number of allylic oxidation sites excluding steroid dienone is 2. The highest BCUT2D eigenvalue weighted by atomic mass is 16.7.